The maximum Gasteiger partial charge on any atom is 0.329 e. The first-order valence-corrected chi connectivity index (χ1v) is 9.89. The molecule has 0 radical (unpaired) electrons. The van der Waals surface area contributed by atoms with Gasteiger partial charge >= 0.3 is 5.97 Å². The Kier molecular flexibility index (Phi) is 7.09. The van der Waals surface area contributed by atoms with E-state index in [1.165, 1.54) is 0 Å². The van der Waals surface area contributed by atoms with Crippen molar-refractivity contribution < 1.29 is 27.9 Å². The fourth-order valence-electron chi connectivity index (χ4n) is 2.30. The molecule has 2 N–H and O–H groups in total. The Bertz CT molecular complexity index is 889. The Balaban J connectivity index is 1.91. The Labute approximate surface area is 157 Å². The molecule has 0 aliphatic carbocycles. The van der Waals surface area contributed by atoms with Crippen molar-refractivity contribution in [3.05, 3.63) is 65.2 Å². The second-order valence-electron chi connectivity index (χ2n) is 5.97. The number of aliphatic carboxylic acids is 1. The molecule has 7 nitrogen and oxygen atoms in total. The van der Waals surface area contributed by atoms with E-state index in [4.69, 9.17) is 9.84 Å². The highest BCUT2D eigenvalue weighted by atomic mass is 32.2. The summed E-state index contributed by atoms with van der Waals surface area (Å²) in [6.45, 7) is 1.74. The predicted octanol–water partition coefficient (Wildman–Crippen LogP) is 1.80. The van der Waals surface area contributed by atoms with Gasteiger partial charge < -0.3 is 15.2 Å². The summed E-state index contributed by atoms with van der Waals surface area (Å²) < 4.78 is 29.7. The van der Waals surface area contributed by atoms with Crippen LogP contribution >= 0.6 is 0 Å². The molecule has 2 aromatic rings. The highest BCUT2D eigenvalue weighted by Gasteiger charge is 2.15. The molecule has 0 aliphatic heterocycles. The van der Waals surface area contributed by atoms with Crippen molar-refractivity contribution in [3.63, 3.8) is 0 Å². The lowest BCUT2D eigenvalue weighted by Gasteiger charge is -2.08. The Morgan fingerprint density at radius 3 is 2.26 bits per heavy atom. The van der Waals surface area contributed by atoms with Gasteiger partial charge in [0.25, 0.3) is 5.91 Å². The van der Waals surface area contributed by atoms with Gasteiger partial charge in [-0.3, -0.25) is 4.79 Å². The Hall–Kier alpha value is -2.71. The topological polar surface area (TPSA) is 110 Å². The van der Waals surface area contributed by atoms with Crippen LogP contribution in [0.5, 0.6) is 0 Å². The number of hydrogen-bond acceptors (Lipinski definition) is 5. The van der Waals surface area contributed by atoms with Gasteiger partial charge in [0.05, 0.1) is 17.3 Å². The Morgan fingerprint density at radius 1 is 1.04 bits per heavy atom. The zero-order chi connectivity index (χ0) is 19.9. The molecule has 0 atom stereocenters. The number of carboxylic acid groups (broad SMARTS) is 1. The van der Waals surface area contributed by atoms with E-state index in [9.17, 15) is 18.0 Å². The van der Waals surface area contributed by atoms with E-state index in [0.717, 1.165) is 5.56 Å². The average Bonchev–Trinajstić information content (AvgIpc) is 2.61. The molecule has 27 heavy (non-hydrogen) atoms. The minimum absolute atomic E-state index is 0.0882. The standard InChI is InChI=1S/C19H21NO6S/c1-14-2-8-17(9-3-14)27(24,25)13-15-4-6-16(7-5-15)19(23)20-10-11-26-12-18(21)22/h2-9H,10-13H2,1H3,(H,20,23)(H,21,22). The number of rotatable bonds is 9. The van der Waals surface area contributed by atoms with Gasteiger partial charge in [0.1, 0.15) is 6.61 Å². The molecule has 0 saturated carbocycles. The smallest absolute Gasteiger partial charge is 0.329 e. The second kappa shape index (κ2) is 9.29. The summed E-state index contributed by atoms with van der Waals surface area (Å²) in [5.41, 5.74) is 1.94. The van der Waals surface area contributed by atoms with Crippen molar-refractivity contribution in [2.75, 3.05) is 19.8 Å². The van der Waals surface area contributed by atoms with Crippen LogP contribution in [0.25, 0.3) is 0 Å². The summed E-state index contributed by atoms with van der Waals surface area (Å²) in [5.74, 6) is -1.57. The molecule has 8 heteroatoms. The fraction of sp³-hybridized carbons (Fsp3) is 0.263. The minimum atomic E-state index is -3.46. The first kappa shape index (κ1) is 20.6. The number of hydrogen-bond donors (Lipinski definition) is 2. The molecule has 0 aliphatic rings. The summed E-state index contributed by atoms with van der Waals surface area (Å²) in [7, 11) is -3.46. The summed E-state index contributed by atoms with van der Waals surface area (Å²) >= 11 is 0. The predicted molar refractivity (Wildman–Crippen MR) is 99.3 cm³/mol. The molecule has 144 valence electrons. The van der Waals surface area contributed by atoms with Crippen molar-refractivity contribution in [3.8, 4) is 0 Å². The zero-order valence-corrected chi connectivity index (χ0v) is 15.7. The third kappa shape index (κ3) is 6.50. The van der Waals surface area contributed by atoms with Crippen molar-refractivity contribution in [1.29, 1.82) is 0 Å². The third-order valence-corrected chi connectivity index (χ3v) is 5.41. The van der Waals surface area contributed by atoms with Gasteiger partial charge in [0.2, 0.25) is 0 Å². The molecular formula is C19H21NO6S. The summed E-state index contributed by atoms with van der Waals surface area (Å²) in [5, 5.41) is 11.0. The van der Waals surface area contributed by atoms with E-state index in [1.54, 1.807) is 48.5 Å². The number of aryl methyl sites for hydroxylation is 1. The van der Waals surface area contributed by atoms with Crippen molar-refractivity contribution >= 4 is 21.7 Å². The van der Waals surface area contributed by atoms with Gasteiger partial charge in [-0.15, -0.1) is 0 Å². The van der Waals surface area contributed by atoms with Crippen LogP contribution in [-0.2, 0) is 25.1 Å². The van der Waals surface area contributed by atoms with Crippen LogP contribution in [0.4, 0.5) is 0 Å². The molecular weight excluding hydrogens is 370 g/mol. The number of sulfone groups is 1. The van der Waals surface area contributed by atoms with E-state index >= 15 is 0 Å². The molecule has 0 saturated heterocycles. The molecule has 2 aromatic carbocycles. The monoisotopic (exact) mass is 391 g/mol. The molecule has 2 rings (SSSR count). The van der Waals surface area contributed by atoms with Crippen LogP contribution < -0.4 is 5.32 Å². The average molecular weight is 391 g/mol. The van der Waals surface area contributed by atoms with E-state index in [1.807, 2.05) is 6.92 Å². The number of nitrogens with one attached hydrogen (secondary N) is 1. The van der Waals surface area contributed by atoms with Crippen LogP contribution in [0.2, 0.25) is 0 Å². The fourth-order valence-corrected chi connectivity index (χ4v) is 3.65. The van der Waals surface area contributed by atoms with E-state index < -0.39 is 22.4 Å². The third-order valence-electron chi connectivity index (χ3n) is 3.71. The van der Waals surface area contributed by atoms with Gasteiger partial charge in [-0.25, -0.2) is 13.2 Å². The van der Waals surface area contributed by atoms with E-state index in [2.05, 4.69) is 5.32 Å². The van der Waals surface area contributed by atoms with Gasteiger partial charge in [0.15, 0.2) is 9.84 Å². The zero-order valence-electron chi connectivity index (χ0n) is 14.8. The van der Waals surface area contributed by atoms with E-state index in [0.29, 0.717) is 11.1 Å². The van der Waals surface area contributed by atoms with Crippen LogP contribution in [0.15, 0.2) is 53.4 Å². The molecule has 0 heterocycles. The van der Waals surface area contributed by atoms with Gasteiger partial charge in [-0.05, 0) is 36.8 Å². The number of carboxylic acids is 1. The van der Waals surface area contributed by atoms with Crippen LogP contribution in [0.1, 0.15) is 21.5 Å². The number of benzene rings is 2. The van der Waals surface area contributed by atoms with Gasteiger partial charge in [-0.1, -0.05) is 29.8 Å². The lowest BCUT2D eigenvalue weighted by Crippen LogP contribution is -2.27. The van der Waals surface area contributed by atoms with Crippen LogP contribution in [0, 0.1) is 6.92 Å². The number of amides is 1. The first-order chi connectivity index (χ1) is 12.8. The molecule has 0 bridgehead atoms. The molecule has 0 unspecified atom stereocenters. The lowest BCUT2D eigenvalue weighted by molar-refractivity contribution is -0.142. The number of carbonyl (C=O) groups is 2. The molecule has 0 aromatic heterocycles. The van der Waals surface area contributed by atoms with E-state index in [-0.39, 0.29) is 29.7 Å². The SMILES string of the molecule is Cc1ccc(S(=O)(=O)Cc2ccc(C(=O)NCCOCC(=O)O)cc2)cc1. The van der Waals surface area contributed by atoms with Gasteiger partial charge in [0, 0.05) is 12.1 Å². The van der Waals surface area contributed by atoms with Crippen molar-refractivity contribution in [2.24, 2.45) is 0 Å². The van der Waals surface area contributed by atoms with Crippen molar-refractivity contribution in [1.82, 2.24) is 5.32 Å². The quantitative estimate of drug-likeness (QED) is 0.631. The minimum Gasteiger partial charge on any atom is -0.480 e. The second-order valence-corrected chi connectivity index (χ2v) is 7.96. The number of carbonyl (C=O) groups excluding carboxylic acids is 1. The molecule has 1 amide bonds. The Morgan fingerprint density at radius 2 is 1.67 bits per heavy atom. The summed E-state index contributed by atoms with van der Waals surface area (Å²) in [6.07, 6.45) is 0. The van der Waals surface area contributed by atoms with Crippen LogP contribution in [-0.4, -0.2) is 45.2 Å². The maximum atomic E-state index is 12.4. The summed E-state index contributed by atoms with van der Waals surface area (Å²) in [4.78, 5) is 22.5. The maximum absolute atomic E-state index is 12.4. The first-order valence-electron chi connectivity index (χ1n) is 8.24. The van der Waals surface area contributed by atoms with Gasteiger partial charge in [-0.2, -0.15) is 0 Å². The normalized spacial score (nSPS) is 11.1. The molecule has 0 spiro atoms. The number of ether oxygens (including phenoxy) is 1. The lowest BCUT2D eigenvalue weighted by atomic mass is 10.1. The largest absolute Gasteiger partial charge is 0.480 e. The van der Waals surface area contributed by atoms with Crippen LogP contribution in [0.3, 0.4) is 0 Å². The van der Waals surface area contributed by atoms with Crippen molar-refractivity contribution in [2.45, 2.75) is 17.6 Å². The molecule has 0 fully saturated rings. The highest BCUT2D eigenvalue weighted by molar-refractivity contribution is 7.90. The highest BCUT2D eigenvalue weighted by Crippen LogP contribution is 2.17. The summed E-state index contributed by atoms with van der Waals surface area (Å²) in [6, 6.07) is 13.0.